The number of hydrogen-bond donors (Lipinski definition) is 1. The van der Waals surface area contributed by atoms with Crippen LogP contribution < -0.4 is 5.32 Å². The molecule has 1 unspecified atom stereocenters. The number of halogens is 1. The zero-order chi connectivity index (χ0) is 14.7. The zero-order valence-corrected chi connectivity index (χ0v) is 11.4. The summed E-state index contributed by atoms with van der Waals surface area (Å²) >= 11 is 0. The highest BCUT2D eigenvalue weighted by atomic mass is 19.1. The number of rotatable bonds is 3. The number of benzene rings is 1. The van der Waals surface area contributed by atoms with E-state index in [9.17, 15) is 14.0 Å². The van der Waals surface area contributed by atoms with Crippen LogP contribution in [-0.2, 0) is 9.59 Å². The van der Waals surface area contributed by atoms with Gasteiger partial charge in [-0.2, -0.15) is 5.10 Å². The molecular weight excluding hydrogens is 261 g/mol. The molecule has 2 rings (SSSR count). The van der Waals surface area contributed by atoms with Gasteiger partial charge in [-0.1, -0.05) is 12.1 Å². The van der Waals surface area contributed by atoms with E-state index in [1.807, 2.05) is 6.92 Å². The van der Waals surface area contributed by atoms with E-state index in [1.54, 1.807) is 12.1 Å². The van der Waals surface area contributed by atoms with Crippen LogP contribution in [0.2, 0.25) is 0 Å². The van der Waals surface area contributed by atoms with Crippen LogP contribution in [0.1, 0.15) is 31.4 Å². The minimum Gasteiger partial charge on any atom is -0.344 e. The molecule has 1 aliphatic rings. The van der Waals surface area contributed by atoms with Gasteiger partial charge in [-0.15, -0.1) is 0 Å². The van der Waals surface area contributed by atoms with Gasteiger partial charge in [0.1, 0.15) is 11.5 Å². The Labute approximate surface area is 116 Å². The number of hydrazone groups is 1. The largest absolute Gasteiger partial charge is 0.344 e. The van der Waals surface area contributed by atoms with Crippen molar-refractivity contribution in [3.8, 4) is 0 Å². The van der Waals surface area contributed by atoms with Crippen molar-refractivity contribution in [1.29, 1.82) is 0 Å². The third-order valence-corrected chi connectivity index (χ3v) is 3.19. The first-order valence-electron chi connectivity index (χ1n) is 6.37. The highest BCUT2D eigenvalue weighted by Gasteiger charge is 2.23. The number of nitrogens with zero attached hydrogens (tertiary/aromatic N) is 2. The average molecular weight is 277 g/mol. The van der Waals surface area contributed by atoms with Crippen LogP contribution in [0.15, 0.2) is 29.4 Å². The van der Waals surface area contributed by atoms with Gasteiger partial charge < -0.3 is 5.32 Å². The SMILES string of the molecule is CC(NC(=O)C1=NN(C)C(=O)CC1)c1ccc(F)cc1. The van der Waals surface area contributed by atoms with Crippen LogP contribution in [0, 0.1) is 5.82 Å². The van der Waals surface area contributed by atoms with Crippen molar-refractivity contribution in [2.24, 2.45) is 5.10 Å². The Morgan fingerprint density at radius 3 is 2.60 bits per heavy atom. The van der Waals surface area contributed by atoms with Gasteiger partial charge in [0.05, 0.1) is 6.04 Å². The summed E-state index contributed by atoms with van der Waals surface area (Å²) in [5.74, 6) is -0.724. The quantitative estimate of drug-likeness (QED) is 0.912. The summed E-state index contributed by atoms with van der Waals surface area (Å²) in [6, 6.07) is 5.69. The fraction of sp³-hybridized carbons (Fsp3) is 0.357. The van der Waals surface area contributed by atoms with Crippen molar-refractivity contribution in [3.05, 3.63) is 35.6 Å². The Bertz CT molecular complexity index is 554. The van der Waals surface area contributed by atoms with Gasteiger partial charge in [0.2, 0.25) is 5.91 Å². The third kappa shape index (κ3) is 3.20. The third-order valence-electron chi connectivity index (χ3n) is 3.19. The number of carbonyl (C=O) groups is 2. The van der Waals surface area contributed by atoms with Gasteiger partial charge in [-0.05, 0) is 24.6 Å². The topological polar surface area (TPSA) is 61.8 Å². The lowest BCUT2D eigenvalue weighted by Gasteiger charge is -2.20. The maximum atomic E-state index is 12.8. The predicted octanol–water partition coefficient (Wildman–Crippen LogP) is 1.61. The molecule has 0 aromatic heterocycles. The van der Waals surface area contributed by atoms with Crippen LogP contribution in [0.25, 0.3) is 0 Å². The molecule has 0 bridgehead atoms. The highest BCUT2D eigenvalue weighted by molar-refractivity contribution is 6.39. The van der Waals surface area contributed by atoms with Gasteiger partial charge in [0.25, 0.3) is 5.91 Å². The molecule has 0 saturated carbocycles. The Kier molecular flexibility index (Phi) is 4.12. The van der Waals surface area contributed by atoms with Gasteiger partial charge in [-0.25, -0.2) is 9.40 Å². The lowest BCUT2D eigenvalue weighted by Crippen LogP contribution is -2.38. The molecule has 1 atom stereocenters. The van der Waals surface area contributed by atoms with E-state index >= 15 is 0 Å². The maximum absolute atomic E-state index is 12.8. The van der Waals surface area contributed by atoms with Crippen LogP contribution >= 0.6 is 0 Å². The fourth-order valence-electron chi connectivity index (χ4n) is 1.95. The van der Waals surface area contributed by atoms with Gasteiger partial charge in [0.15, 0.2) is 0 Å². The molecule has 106 valence electrons. The summed E-state index contributed by atoms with van der Waals surface area (Å²) in [5.41, 5.74) is 1.14. The fourth-order valence-corrected chi connectivity index (χ4v) is 1.95. The molecule has 1 aromatic rings. The molecule has 0 spiro atoms. The Morgan fingerprint density at radius 1 is 1.35 bits per heavy atom. The molecule has 6 heteroatoms. The van der Waals surface area contributed by atoms with E-state index in [-0.39, 0.29) is 30.1 Å². The molecule has 0 aliphatic carbocycles. The van der Waals surface area contributed by atoms with Crippen LogP contribution in [0.5, 0.6) is 0 Å². The average Bonchev–Trinajstić information content (AvgIpc) is 2.42. The molecule has 0 radical (unpaired) electrons. The van der Waals surface area contributed by atoms with Crippen molar-refractivity contribution in [2.75, 3.05) is 7.05 Å². The molecule has 2 amide bonds. The Morgan fingerprint density at radius 2 is 2.00 bits per heavy atom. The van der Waals surface area contributed by atoms with E-state index in [2.05, 4.69) is 10.4 Å². The Balaban J connectivity index is 2.02. The highest BCUT2D eigenvalue weighted by Crippen LogP contribution is 2.14. The second kappa shape index (κ2) is 5.81. The molecule has 1 heterocycles. The van der Waals surface area contributed by atoms with Crippen LogP contribution in [0.4, 0.5) is 4.39 Å². The lowest BCUT2D eigenvalue weighted by molar-refractivity contribution is -0.130. The second-order valence-electron chi connectivity index (χ2n) is 4.71. The monoisotopic (exact) mass is 277 g/mol. The minimum absolute atomic E-state index is 0.104. The lowest BCUT2D eigenvalue weighted by atomic mass is 10.1. The van der Waals surface area contributed by atoms with Crippen molar-refractivity contribution in [1.82, 2.24) is 10.3 Å². The van der Waals surface area contributed by atoms with Gasteiger partial charge in [0, 0.05) is 19.9 Å². The molecule has 0 fully saturated rings. The van der Waals surface area contributed by atoms with Crippen molar-refractivity contribution in [3.63, 3.8) is 0 Å². The minimum atomic E-state index is -0.316. The first-order chi connectivity index (χ1) is 9.47. The molecule has 1 aliphatic heterocycles. The van der Waals surface area contributed by atoms with Crippen LogP contribution in [0.3, 0.4) is 0 Å². The summed E-state index contributed by atoms with van der Waals surface area (Å²) in [6.45, 7) is 1.81. The number of amides is 2. The molecule has 1 aromatic carbocycles. The second-order valence-corrected chi connectivity index (χ2v) is 4.71. The summed E-state index contributed by atoms with van der Waals surface area (Å²) in [5, 5.41) is 7.92. The molecule has 1 N–H and O–H groups in total. The predicted molar refractivity (Wildman–Crippen MR) is 72.4 cm³/mol. The summed E-state index contributed by atoms with van der Waals surface area (Å²) in [6.07, 6.45) is 0.624. The zero-order valence-electron chi connectivity index (χ0n) is 11.4. The van der Waals surface area contributed by atoms with Crippen LogP contribution in [-0.4, -0.2) is 29.6 Å². The van der Waals surface area contributed by atoms with E-state index < -0.39 is 0 Å². The Hall–Kier alpha value is -2.24. The van der Waals surface area contributed by atoms with E-state index in [0.717, 1.165) is 5.56 Å². The van der Waals surface area contributed by atoms with E-state index in [0.29, 0.717) is 12.1 Å². The summed E-state index contributed by atoms with van der Waals surface area (Å²) < 4.78 is 12.8. The van der Waals surface area contributed by atoms with E-state index in [4.69, 9.17) is 0 Å². The smallest absolute Gasteiger partial charge is 0.267 e. The normalized spacial score (nSPS) is 16.6. The van der Waals surface area contributed by atoms with Crippen molar-refractivity contribution >= 4 is 17.5 Å². The summed E-state index contributed by atoms with van der Waals surface area (Å²) in [4.78, 5) is 23.3. The van der Waals surface area contributed by atoms with Gasteiger partial charge >= 0.3 is 0 Å². The molecule has 20 heavy (non-hydrogen) atoms. The summed E-state index contributed by atoms with van der Waals surface area (Å²) in [7, 11) is 1.53. The first-order valence-corrected chi connectivity index (χ1v) is 6.37. The standard InChI is InChI=1S/C14H16FN3O2/c1-9(10-3-5-11(15)6-4-10)16-14(20)12-7-8-13(19)18(2)17-12/h3-6,9H,7-8H2,1-2H3,(H,16,20). The molecular formula is C14H16FN3O2. The molecule has 0 saturated heterocycles. The number of carbonyl (C=O) groups excluding carboxylic acids is 2. The van der Waals surface area contributed by atoms with E-state index in [1.165, 1.54) is 24.2 Å². The number of hydrogen-bond acceptors (Lipinski definition) is 3. The van der Waals surface area contributed by atoms with Crippen molar-refractivity contribution in [2.45, 2.75) is 25.8 Å². The maximum Gasteiger partial charge on any atom is 0.267 e. The molecule has 5 nitrogen and oxygen atoms in total. The van der Waals surface area contributed by atoms with Crippen molar-refractivity contribution < 1.29 is 14.0 Å². The number of nitrogens with one attached hydrogen (secondary N) is 1. The first kappa shape index (κ1) is 14.2. The van der Waals surface area contributed by atoms with Gasteiger partial charge in [-0.3, -0.25) is 9.59 Å².